The number of likely N-dealkylation sites (tertiary alicyclic amines) is 1. The summed E-state index contributed by atoms with van der Waals surface area (Å²) in [6.07, 6.45) is 2.85. The molecule has 0 unspecified atom stereocenters. The van der Waals surface area contributed by atoms with E-state index in [1.165, 1.54) is 0 Å². The summed E-state index contributed by atoms with van der Waals surface area (Å²) in [5, 5.41) is 0. The summed E-state index contributed by atoms with van der Waals surface area (Å²) in [6, 6.07) is 16.3. The third kappa shape index (κ3) is 5.96. The molecule has 0 bridgehead atoms. The monoisotopic (exact) mass is 436 g/mol. The molecule has 0 atom stereocenters. The smallest absolute Gasteiger partial charge is 0.260 e. The number of benzene rings is 2. The maximum absolute atomic E-state index is 12.9. The van der Waals surface area contributed by atoms with Crippen LogP contribution in [0.3, 0.4) is 0 Å². The van der Waals surface area contributed by atoms with Crippen molar-refractivity contribution < 1.29 is 19.1 Å². The Balaban J connectivity index is 1.54. The van der Waals surface area contributed by atoms with Crippen molar-refractivity contribution in [3.63, 3.8) is 0 Å². The third-order valence-corrected chi connectivity index (χ3v) is 5.86. The van der Waals surface area contributed by atoms with Gasteiger partial charge in [-0.25, -0.2) is 0 Å². The van der Waals surface area contributed by atoms with Crippen LogP contribution in [0.5, 0.6) is 5.75 Å². The first kappa shape index (κ1) is 23.5. The molecule has 1 aliphatic rings. The second-order valence-corrected chi connectivity index (χ2v) is 8.07. The van der Waals surface area contributed by atoms with Crippen LogP contribution in [-0.2, 0) is 4.79 Å². The van der Waals surface area contributed by atoms with Gasteiger partial charge in [-0.05, 0) is 55.7 Å². The van der Waals surface area contributed by atoms with Gasteiger partial charge in [0.2, 0.25) is 0 Å². The Kier molecular flexibility index (Phi) is 8.42. The van der Waals surface area contributed by atoms with Gasteiger partial charge in [0.25, 0.3) is 11.8 Å². The second kappa shape index (κ2) is 11.5. The van der Waals surface area contributed by atoms with E-state index in [4.69, 9.17) is 4.74 Å². The predicted octanol–water partition coefficient (Wildman–Crippen LogP) is 4.20. The van der Waals surface area contributed by atoms with Crippen molar-refractivity contribution in [1.29, 1.82) is 0 Å². The van der Waals surface area contributed by atoms with E-state index < -0.39 is 0 Å². The number of carbonyl (C=O) groups excluding carboxylic acids is 3. The standard InChI is InChI=1S/C26H32N2O4/c1-3-16-28(25(30)19-32-23-12-10-20(11-13-23)24(29)4-2)22-14-17-27(18-15-22)26(31)21-8-6-5-7-9-21/h5-13,22H,3-4,14-19H2,1-2H3. The molecule has 170 valence electrons. The summed E-state index contributed by atoms with van der Waals surface area (Å²) < 4.78 is 5.70. The van der Waals surface area contributed by atoms with E-state index in [0.29, 0.717) is 42.9 Å². The lowest BCUT2D eigenvalue weighted by molar-refractivity contribution is -0.136. The zero-order valence-electron chi connectivity index (χ0n) is 19.0. The molecule has 1 fully saturated rings. The summed E-state index contributed by atoms with van der Waals surface area (Å²) in [5.74, 6) is 0.656. The summed E-state index contributed by atoms with van der Waals surface area (Å²) in [7, 11) is 0. The number of ether oxygens (including phenoxy) is 1. The summed E-state index contributed by atoms with van der Waals surface area (Å²) >= 11 is 0. The van der Waals surface area contributed by atoms with Gasteiger partial charge in [0, 0.05) is 43.2 Å². The highest BCUT2D eigenvalue weighted by Crippen LogP contribution is 2.20. The molecule has 0 radical (unpaired) electrons. The molecule has 6 heteroatoms. The van der Waals surface area contributed by atoms with Crippen molar-refractivity contribution >= 4 is 17.6 Å². The molecule has 0 aromatic heterocycles. The minimum Gasteiger partial charge on any atom is -0.484 e. The number of hydrogen-bond donors (Lipinski definition) is 0. The largest absolute Gasteiger partial charge is 0.484 e. The molecule has 0 aliphatic carbocycles. The molecular weight excluding hydrogens is 404 g/mol. The molecule has 0 spiro atoms. The lowest BCUT2D eigenvalue weighted by Crippen LogP contribution is -2.50. The number of amides is 2. The normalized spacial score (nSPS) is 14.1. The zero-order valence-corrected chi connectivity index (χ0v) is 19.0. The van der Waals surface area contributed by atoms with Crippen molar-refractivity contribution in [2.24, 2.45) is 0 Å². The fourth-order valence-electron chi connectivity index (χ4n) is 4.06. The Labute approximate surface area is 190 Å². The molecule has 1 heterocycles. The highest BCUT2D eigenvalue weighted by atomic mass is 16.5. The first-order chi connectivity index (χ1) is 15.5. The minimum absolute atomic E-state index is 0.0375. The topological polar surface area (TPSA) is 66.9 Å². The maximum Gasteiger partial charge on any atom is 0.260 e. The summed E-state index contributed by atoms with van der Waals surface area (Å²) in [5.41, 5.74) is 1.35. The number of ketones is 1. The van der Waals surface area contributed by atoms with E-state index in [1.54, 1.807) is 24.3 Å². The predicted molar refractivity (Wildman–Crippen MR) is 124 cm³/mol. The molecule has 1 aliphatic heterocycles. The SMILES string of the molecule is CCCN(C(=O)COc1ccc(C(=O)CC)cc1)C1CCN(C(=O)c2ccccc2)CC1. The third-order valence-electron chi connectivity index (χ3n) is 5.86. The fourth-order valence-corrected chi connectivity index (χ4v) is 4.06. The van der Waals surface area contributed by atoms with Crippen LogP contribution in [0.1, 0.15) is 60.2 Å². The highest BCUT2D eigenvalue weighted by molar-refractivity contribution is 5.96. The summed E-state index contributed by atoms with van der Waals surface area (Å²) in [4.78, 5) is 41.1. The Morgan fingerprint density at radius 2 is 1.59 bits per heavy atom. The average molecular weight is 437 g/mol. The maximum atomic E-state index is 12.9. The van der Waals surface area contributed by atoms with Gasteiger partial charge in [-0.2, -0.15) is 0 Å². The number of nitrogens with zero attached hydrogens (tertiary/aromatic N) is 2. The van der Waals surface area contributed by atoms with Gasteiger partial charge >= 0.3 is 0 Å². The van der Waals surface area contributed by atoms with E-state index in [1.807, 2.05) is 47.1 Å². The number of rotatable bonds is 9. The Bertz CT molecular complexity index is 903. The second-order valence-electron chi connectivity index (χ2n) is 8.07. The van der Waals surface area contributed by atoms with E-state index >= 15 is 0 Å². The summed E-state index contributed by atoms with van der Waals surface area (Å²) in [6.45, 7) is 5.79. The molecule has 0 N–H and O–H groups in total. The van der Waals surface area contributed by atoms with Crippen LogP contribution in [0, 0.1) is 0 Å². The number of Topliss-reactive ketones (excluding diaryl/α,β-unsaturated/α-hetero) is 1. The molecular formula is C26H32N2O4. The van der Waals surface area contributed by atoms with E-state index in [2.05, 4.69) is 6.92 Å². The lowest BCUT2D eigenvalue weighted by atomic mass is 10.0. The van der Waals surface area contributed by atoms with Crippen LogP contribution in [-0.4, -0.2) is 59.7 Å². The Morgan fingerprint density at radius 3 is 2.19 bits per heavy atom. The lowest BCUT2D eigenvalue weighted by Gasteiger charge is -2.38. The Morgan fingerprint density at radius 1 is 0.938 bits per heavy atom. The van der Waals surface area contributed by atoms with Crippen LogP contribution < -0.4 is 4.74 Å². The van der Waals surface area contributed by atoms with E-state index in [0.717, 1.165) is 19.3 Å². The van der Waals surface area contributed by atoms with Crippen LogP contribution in [0.25, 0.3) is 0 Å². The van der Waals surface area contributed by atoms with Crippen LogP contribution >= 0.6 is 0 Å². The van der Waals surface area contributed by atoms with Gasteiger partial charge in [-0.1, -0.05) is 32.0 Å². The van der Waals surface area contributed by atoms with Crippen molar-refractivity contribution in [2.75, 3.05) is 26.2 Å². The highest BCUT2D eigenvalue weighted by Gasteiger charge is 2.29. The Hall–Kier alpha value is -3.15. The van der Waals surface area contributed by atoms with Gasteiger partial charge in [0.1, 0.15) is 5.75 Å². The molecule has 3 rings (SSSR count). The van der Waals surface area contributed by atoms with Crippen molar-refractivity contribution in [3.8, 4) is 5.75 Å². The van der Waals surface area contributed by atoms with Crippen molar-refractivity contribution in [1.82, 2.24) is 9.80 Å². The molecule has 6 nitrogen and oxygen atoms in total. The zero-order chi connectivity index (χ0) is 22.9. The van der Waals surface area contributed by atoms with Crippen molar-refractivity contribution in [2.45, 2.75) is 45.6 Å². The molecule has 2 aromatic carbocycles. The van der Waals surface area contributed by atoms with E-state index in [9.17, 15) is 14.4 Å². The van der Waals surface area contributed by atoms with Gasteiger partial charge in [0.05, 0.1) is 0 Å². The van der Waals surface area contributed by atoms with Crippen molar-refractivity contribution in [3.05, 3.63) is 65.7 Å². The average Bonchev–Trinajstić information content (AvgIpc) is 2.86. The number of piperidine rings is 1. The molecule has 2 aromatic rings. The molecule has 0 saturated carbocycles. The van der Waals surface area contributed by atoms with Crippen LogP contribution in [0.15, 0.2) is 54.6 Å². The van der Waals surface area contributed by atoms with Gasteiger partial charge in [-0.3, -0.25) is 14.4 Å². The molecule has 1 saturated heterocycles. The fraction of sp³-hybridized carbons (Fsp3) is 0.423. The van der Waals surface area contributed by atoms with E-state index in [-0.39, 0.29) is 30.2 Å². The number of hydrogen-bond acceptors (Lipinski definition) is 4. The molecule has 2 amide bonds. The molecule has 32 heavy (non-hydrogen) atoms. The van der Waals surface area contributed by atoms with Crippen LogP contribution in [0.2, 0.25) is 0 Å². The first-order valence-corrected chi connectivity index (χ1v) is 11.4. The first-order valence-electron chi connectivity index (χ1n) is 11.4. The number of carbonyl (C=O) groups is 3. The van der Waals surface area contributed by atoms with Gasteiger partial charge in [0.15, 0.2) is 12.4 Å². The quantitative estimate of drug-likeness (QED) is 0.553. The van der Waals surface area contributed by atoms with Gasteiger partial charge < -0.3 is 14.5 Å². The van der Waals surface area contributed by atoms with Gasteiger partial charge in [-0.15, -0.1) is 0 Å². The minimum atomic E-state index is -0.0478. The van der Waals surface area contributed by atoms with Crippen LogP contribution in [0.4, 0.5) is 0 Å².